The third-order valence-corrected chi connectivity index (χ3v) is 6.19. The zero-order valence-electron chi connectivity index (χ0n) is 17.2. The van der Waals surface area contributed by atoms with Gasteiger partial charge in [-0.25, -0.2) is 4.79 Å². The zero-order chi connectivity index (χ0) is 21.8. The second-order valence-corrected chi connectivity index (χ2v) is 8.16. The Labute approximate surface area is 178 Å². The summed E-state index contributed by atoms with van der Waals surface area (Å²) in [6.07, 6.45) is 2.77. The second-order valence-electron chi connectivity index (χ2n) is 7.21. The maximum absolute atomic E-state index is 13.4. The van der Waals surface area contributed by atoms with Crippen molar-refractivity contribution in [2.45, 2.75) is 52.1 Å². The molecule has 1 aliphatic rings. The minimum atomic E-state index is -0.699. The van der Waals surface area contributed by atoms with Crippen molar-refractivity contribution in [3.05, 3.63) is 43.2 Å². The van der Waals surface area contributed by atoms with Crippen LogP contribution in [0.2, 0.25) is 0 Å². The second kappa shape index (κ2) is 9.29. The number of aromatic nitrogens is 2. The van der Waals surface area contributed by atoms with Crippen LogP contribution in [0.5, 0.6) is 0 Å². The minimum Gasteiger partial charge on any atom is -0.383 e. The lowest BCUT2D eigenvalue weighted by atomic mass is 10.1. The van der Waals surface area contributed by atoms with Crippen LogP contribution >= 0.6 is 11.3 Å². The largest absolute Gasteiger partial charge is 0.383 e. The van der Waals surface area contributed by atoms with Crippen LogP contribution in [0.4, 0.5) is 11.5 Å². The maximum atomic E-state index is 13.4. The van der Waals surface area contributed by atoms with Gasteiger partial charge < -0.3 is 15.5 Å². The van der Waals surface area contributed by atoms with E-state index >= 15 is 0 Å². The fourth-order valence-electron chi connectivity index (χ4n) is 3.79. The third-order valence-electron chi connectivity index (χ3n) is 5.33. The molecule has 2 amide bonds. The molecule has 1 aliphatic heterocycles. The van der Waals surface area contributed by atoms with E-state index < -0.39 is 17.3 Å². The molecule has 3 heterocycles. The number of likely N-dealkylation sites (N-methyl/N-ethyl adjacent to an activating group) is 1. The Morgan fingerprint density at radius 3 is 2.73 bits per heavy atom. The average molecular weight is 434 g/mol. The Morgan fingerprint density at radius 2 is 2.10 bits per heavy atom. The van der Waals surface area contributed by atoms with Crippen LogP contribution in [-0.4, -0.2) is 45.4 Å². The highest BCUT2D eigenvalue weighted by Crippen LogP contribution is 2.26. The van der Waals surface area contributed by atoms with Gasteiger partial charge in [0.25, 0.3) is 11.5 Å². The first kappa shape index (κ1) is 21.8. The van der Waals surface area contributed by atoms with Gasteiger partial charge >= 0.3 is 5.69 Å². The van der Waals surface area contributed by atoms with Crippen molar-refractivity contribution in [1.82, 2.24) is 14.5 Å². The number of nitrogen functional groups attached to an aromatic ring is 1. The number of hydrogen-bond donors (Lipinski definition) is 2. The Balaban J connectivity index is 1.96. The van der Waals surface area contributed by atoms with E-state index in [0.29, 0.717) is 37.2 Å². The topological polar surface area (TPSA) is 121 Å². The van der Waals surface area contributed by atoms with Crippen LogP contribution in [0, 0.1) is 0 Å². The number of amides is 2. The molecule has 0 aliphatic carbocycles. The van der Waals surface area contributed by atoms with Gasteiger partial charge in [0, 0.05) is 19.6 Å². The zero-order valence-corrected chi connectivity index (χ0v) is 18.0. The molecule has 2 aromatic rings. The first-order valence-electron chi connectivity index (χ1n) is 10.2. The Hall–Kier alpha value is -2.88. The fraction of sp³-hybridized carbons (Fsp3) is 0.500. The van der Waals surface area contributed by atoms with Crippen molar-refractivity contribution in [3.63, 3.8) is 0 Å². The van der Waals surface area contributed by atoms with E-state index in [-0.39, 0.29) is 29.9 Å². The highest BCUT2D eigenvalue weighted by molar-refractivity contribution is 7.12. The molecule has 0 unspecified atom stereocenters. The monoisotopic (exact) mass is 433 g/mol. The number of hydrogen-bond acceptors (Lipinski definition) is 6. The molecule has 162 valence electrons. The maximum Gasteiger partial charge on any atom is 0.330 e. The quantitative estimate of drug-likeness (QED) is 0.687. The predicted octanol–water partition coefficient (Wildman–Crippen LogP) is 1.64. The summed E-state index contributed by atoms with van der Waals surface area (Å²) in [6, 6.07) is 2.86. The SMILES string of the molecule is CCCCn1c(N)c(N(CC)C(=O)[C@@H]2CCCN2C(=O)c2cccs2)c(=O)[nH]c1=O. The van der Waals surface area contributed by atoms with Gasteiger partial charge in [0.1, 0.15) is 11.9 Å². The lowest BCUT2D eigenvalue weighted by Gasteiger charge is -2.30. The number of nitrogens with zero attached hydrogens (tertiary/aromatic N) is 3. The molecule has 1 atom stereocenters. The van der Waals surface area contributed by atoms with E-state index in [9.17, 15) is 19.2 Å². The van der Waals surface area contributed by atoms with E-state index in [4.69, 9.17) is 5.73 Å². The number of carbonyl (C=O) groups is 2. The molecule has 2 aromatic heterocycles. The third kappa shape index (κ3) is 4.04. The van der Waals surface area contributed by atoms with E-state index in [1.54, 1.807) is 24.0 Å². The molecule has 10 heteroatoms. The molecule has 0 radical (unpaired) electrons. The molecule has 0 aromatic carbocycles. The van der Waals surface area contributed by atoms with Crippen LogP contribution in [0.3, 0.4) is 0 Å². The van der Waals surface area contributed by atoms with Crippen molar-refractivity contribution in [2.75, 3.05) is 23.7 Å². The number of rotatable bonds is 7. The summed E-state index contributed by atoms with van der Waals surface area (Å²) >= 11 is 1.33. The summed E-state index contributed by atoms with van der Waals surface area (Å²) < 4.78 is 1.29. The molecule has 0 spiro atoms. The summed E-state index contributed by atoms with van der Waals surface area (Å²) in [6.45, 7) is 4.74. The van der Waals surface area contributed by atoms with Gasteiger partial charge in [-0.3, -0.25) is 23.9 Å². The van der Waals surface area contributed by atoms with E-state index in [1.807, 2.05) is 12.3 Å². The van der Waals surface area contributed by atoms with Crippen molar-refractivity contribution < 1.29 is 9.59 Å². The molecular weight excluding hydrogens is 406 g/mol. The average Bonchev–Trinajstić information content (AvgIpc) is 3.42. The van der Waals surface area contributed by atoms with Crippen molar-refractivity contribution in [1.29, 1.82) is 0 Å². The van der Waals surface area contributed by atoms with E-state index in [0.717, 1.165) is 6.42 Å². The molecule has 30 heavy (non-hydrogen) atoms. The number of likely N-dealkylation sites (tertiary alicyclic amines) is 1. The lowest BCUT2D eigenvalue weighted by molar-refractivity contribution is -0.122. The first-order valence-corrected chi connectivity index (χ1v) is 11.1. The molecule has 9 nitrogen and oxygen atoms in total. The lowest BCUT2D eigenvalue weighted by Crippen LogP contribution is -2.50. The van der Waals surface area contributed by atoms with Crippen LogP contribution in [0.25, 0.3) is 0 Å². The molecule has 0 bridgehead atoms. The van der Waals surface area contributed by atoms with Crippen molar-refractivity contribution in [2.24, 2.45) is 0 Å². The van der Waals surface area contributed by atoms with Gasteiger partial charge in [0.15, 0.2) is 5.69 Å². The van der Waals surface area contributed by atoms with Gasteiger partial charge in [0.2, 0.25) is 5.91 Å². The molecule has 1 fully saturated rings. The van der Waals surface area contributed by atoms with Crippen LogP contribution in [0.15, 0.2) is 27.1 Å². The van der Waals surface area contributed by atoms with Gasteiger partial charge in [-0.1, -0.05) is 19.4 Å². The number of H-pyrrole nitrogens is 1. The fourth-order valence-corrected chi connectivity index (χ4v) is 4.47. The van der Waals surface area contributed by atoms with Crippen LogP contribution in [0.1, 0.15) is 49.2 Å². The normalized spacial score (nSPS) is 16.1. The van der Waals surface area contributed by atoms with Gasteiger partial charge in [0.05, 0.1) is 4.88 Å². The molecule has 3 rings (SSSR count). The number of nitrogens with one attached hydrogen (secondary N) is 1. The standard InChI is InChI=1S/C20H27N5O4S/c1-3-5-10-25-16(21)15(17(26)22-20(25)29)23(4-2)18(27)13-8-6-11-24(13)19(28)14-9-7-12-30-14/h7,9,12-13H,3-6,8,10-11,21H2,1-2H3,(H,22,26,29)/t13-/m0/s1. The number of unbranched alkanes of at least 4 members (excludes halogenated alkanes) is 1. The smallest absolute Gasteiger partial charge is 0.330 e. The number of nitrogens with two attached hydrogens (primary N) is 1. The number of thiophene rings is 1. The highest BCUT2D eigenvalue weighted by Gasteiger charge is 2.38. The molecule has 3 N–H and O–H groups in total. The van der Waals surface area contributed by atoms with Gasteiger partial charge in [-0.05, 0) is 37.6 Å². The number of anilines is 2. The summed E-state index contributed by atoms with van der Waals surface area (Å²) in [5.41, 5.74) is 4.86. The highest BCUT2D eigenvalue weighted by atomic mass is 32.1. The van der Waals surface area contributed by atoms with Crippen molar-refractivity contribution >= 4 is 34.7 Å². The summed E-state index contributed by atoms with van der Waals surface area (Å²) in [7, 11) is 0. The van der Waals surface area contributed by atoms with Gasteiger partial charge in [-0.2, -0.15) is 0 Å². The molecular formula is C20H27N5O4S. The van der Waals surface area contributed by atoms with E-state index in [2.05, 4.69) is 4.98 Å². The molecule has 1 saturated heterocycles. The van der Waals surface area contributed by atoms with Crippen LogP contribution < -0.4 is 21.9 Å². The summed E-state index contributed by atoms with van der Waals surface area (Å²) in [4.78, 5) is 56.8. The van der Waals surface area contributed by atoms with E-state index in [1.165, 1.54) is 20.8 Å². The Bertz CT molecular complexity index is 1030. The summed E-state index contributed by atoms with van der Waals surface area (Å²) in [5, 5.41) is 1.82. The number of aromatic amines is 1. The minimum absolute atomic E-state index is 0.0264. The van der Waals surface area contributed by atoms with Gasteiger partial charge in [-0.15, -0.1) is 11.3 Å². The predicted molar refractivity (Wildman–Crippen MR) is 117 cm³/mol. The Morgan fingerprint density at radius 1 is 1.33 bits per heavy atom. The molecule has 0 saturated carbocycles. The first-order chi connectivity index (χ1) is 14.4. The Kier molecular flexibility index (Phi) is 6.76. The number of carbonyl (C=O) groups excluding carboxylic acids is 2. The van der Waals surface area contributed by atoms with Crippen molar-refractivity contribution in [3.8, 4) is 0 Å². The van der Waals surface area contributed by atoms with Crippen LogP contribution in [-0.2, 0) is 11.3 Å². The summed E-state index contributed by atoms with van der Waals surface area (Å²) in [5.74, 6) is -0.578.